The van der Waals surface area contributed by atoms with Crippen LogP contribution in [0.5, 0.6) is 0 Å². The highest BCUT2D eigenvalue weighted by atomic mass is 32.2. The lowest BCUT2D eigenvalue weighted by atomic mass is 10.1. The summed E-state index contributed by atoms with van der Waals surface area (Å²) in [6, 6.07) is 2.06. The van der Waals surface area contributed by atoms with Crippen LogP contribution in [0.25, 0.3) is 0 Å². The highest BCUT2D eigenvalue weighted by molar-refractivity contribution is 7.87. The largest absolute Gasteiger partial charge is 0.279 e. The molecule has 5 nitrogen and oxygen atoms in total. The molecule has 1 aliphatic heterocycles. The van der Waals surface area contributed by atoms with Crippen LogP contribution in [0.15, 0.2) is 0 Å². The number of nitrogens with zero attached hydrogens (tertiary/aromatic N) is 2. The Morgan fingerprint density at radius 1 is 1.69 bits per heavy atom. The summed E-state index contributed by atoms with van der Waals surface area (Å²) in [6.07, 6.45) is 1.23. The van der Waals surface area contributed by atoms with E-state index in [1.165, 1.54) is 11.4 Å². The first-order valence-corrected chi connectivity index (χ1v) is 5.59. The highest BCUT2D eigenvalue weighted by Gasteiger charge is 2.29. The van der Waals surface area contributed by atoms with E-state index in [4.69, 9.17) is 5.26 Å². The van der Waals surface area contributed by atoms with Crippen molar-refractivity contribution in [3.05, 3.63) is 0 Å². The Kier molecular flexibility index (Phi) is 3.25. The second kappa shape index (κ2) is 4.05. The fraction of sp³-hybridized carbons (Fsp3) is 0.857. The molecule has 0 aromatic heterocycles. The van der Waals surface area contributed by atoms with Crippen LogP contribution in [-0.2, 0) is 10.2 Å². The van der Waals surface area contributed by atoms with E-state index >= 15 is 0 Å². The van der Waals surface area contributed by atoms with Crippen molar-refractivity contribution in [2.75, 3.05) is 20.1 Å². The third kappa shape index (κ3) is 2.40. The van der Waals surface area contributed by atoms with E-state index in [-0.39, 0.29) is 5.92 Å². The minimum absolute atomic E-state index is 0.202. The maximum Gasteiger partial charge on any atom is 0.279 e. The molecule has 0 spiro atoms. The molecule has 1 aliphatic rings. The van der Waals surface area contributed by atoms with Gasteiger partial charge in [-0.15, -0.1) is 0 Å². The van der Waals surface area contributed by atoms with Gasteiger partial charge in [0.2, 0.25) is 0 Å². The van der Waals surface area contributed by atoms with Crippen molar-refractivity contribution in [1.82, 2.24) is 9.03 Å². The smallest absolute Gasteiger partial charge is 0.205 e. The molecule has 1 unspecified atom stereocenters. The van der Waals surface area contributed by atoms with Crippen LogP contribution in [0.1, 0.15) is 12.8 Å². The van der Waals surface area contributed by atoms with Crippen LogP contribution in [0.2, 0.25) is 0 Å². The van der Waals surface area contributed by atoms with E-state index in [2.05, 4.69) is 10.8 Å². The van der Waals surface area contributed by atoms with E-state index in [0.717, 1.165) is 6.42 Å². The molecule has 1 atom stereocenters. The SMILES string of the molecule is CNS(=O)(=O)N1CCC(CC#N)C1. The molecular formula is C7H13N3O2S. The lowest BCUT2D eigenvalue weighted by molar-refractivity contribution is 0.452. The first-order valence-electron chi connectivity index (χ1n) is 4.15. The average Bonchev–Trinajstić information content (AvgIpc) is 2.54. The zero-order valence-electron chi connectivity index (χ0n) is 7.52. The molecule has 74 valence electrons. The standard InChI is InChI=1S/C7H13N3O2S/c1-9-13(11,12)10-5-3-7(6-10)2-4-8/h7,9H,2-3,5-6H2,1H3. The summed E-state index contributed by atoms with van der Waals surface area (Å²) in [6.45, 7) is 0.992. The third-order valence-electron chi connectivity index (χ3n) is 2.23. The summed E-state index contributed by atoms with van der Waals surface area (Å²) in [4.78, 5) is 0. The average molecular weight is 203 g/mol. The van der Waals surface area contributed by atoms with E-state index in [1.807, 2.05) is 0 Å². The molecule has 0 amide bonds. The van der Waals surface area contributed by atoms with Gasteiger partial charge in [-0.2, -0.15) is 18.0 Å². The Morgan fingerprint density at radius 2 is 2.38 bits per heavy atom. The van der Waals surface area contributed by atoms with Gasteiger partial charge < -0.3 is 0 Å². The van der Waals surface area contributed by atoms with Crippen LogP contribution < -0.4 is 4.72 Å². The van der Waals surface area contributed by atoms with Crippen molar-refractivity contribution in [2.24, 2.45) is 5.92 Å². The van der Waals surface area contributed by atoms with Gasteiger partial charge in [0.25, 0.3) is 10.2 Å². The fourth-order valence-corrected chi connectivity index (χ4v) is 2.45. The maximum atomic E-state index is 11.3. The van der Waals surface area contributed by atoms with Crippen molar-refractivity contribution in [2.45, 2.75) is 12.8 Å². The van der Waals surface area contributed by atoms with Crippen LogP contribution in [0, 0.1) is 17.2 Å². The van der Waals surface area contributed by atoms with Gasteiger partial charge in [0.1, 0.15) is 0 Å². The second-order valence-electron chi connectivity index (χ2n) is 3.08. The molecule has 0 aromatic rings. The quantitative estimate of drug-likeness (QED) is 0.683. The van der Waals surface area contributed by atoms with E-state index < -0.39 is 10.2 Å². The van der Waals surface area contributed by atoms with E-state index in [9.17, 15) is 8.42 Å². The van der Waals surface area contributed by atoms with Crippen LogP contribution in [-0.4, -0.2) is 32.9 Å². The maximum absolute atomic E-state index is 11.3. The minimum atomic E-state index is -3.28. The first-order chi connectivity index (χ1) is 6.10. The topological polar surface area (TPSA) is 73.2 Å². The molecule has 1 N–H and O–H groups in total. The fourth-order valence-electron chi connectivity index (χ4n) is 1.44. The van der Waals surface area contributed by atoms with Gasteiger partial charge in [-0.1, -0.05) is 0 Å². The molecule has 6 heteroatoms. The number of nitrogens with one attached hydrogen (secondary N) is 1. The van der Waals surface area contributed by atoms with Gasteiger partial charge >= 0.3 is 0 Å². The number of hydrogen-bond donors (Lipinski definition) is 1. The van der Waals surface area contributed by atoms with Crippen molar-refractivity contribution in [3.8, 4) is 6.07 Å². The summed E-state index contributed by atoms with van der Waals surface area (Å²) in [7, 11) is -1.88. The van der Waals surface area contributed by atoms with Crippen LogP contribution in [0.3, 0.4) is 0 Å². The summed E-state index contributed by atoms with van der Waals surface area (Å²) >= 11 is 0. The predicted octanol–water partition coefficient (Wildman–Crippen LogP) is -0.314. The number of hydrogen-bond acceptors (Lipinski definition) is 3. The zero-order chi connectivity index (χ0) is 9.90. The Labute approximate surface area is 78.5 Å². The van der Waals surface area contributed by atoms with E-state index in [1.54, 1.807) is 0 Å². The molecule has 0 saturated carbocycles. The van der Waals surface area contributed by atoms with Gasteiger partial charge in [0.15, 0.2) is 0 Å². The van der Waals surface area contributed by atoms with Gasteiger partial charge in [-0.25, -0.2) is 4.72 Å². The monoisotopic (exact) mass is 203 g/mol. The molecule has 0 aromatic carbocycles. The van der Waals surface area contributed by atoms with Crippen molar-refractivity contribution in [3.63, 3.8) is 0 Å². The Hall–Kier alpha value is -0.640. The number of nitriles is 1. The Morgan fingerprint density at radius 3 is 2.92 bits per heavy atom. The minimum Gasteiger partial charge on any atom is -0.205 e. The van der Waals surface area contributed by atoms with Crippen molar-refractivity contribution >= 4 is 10.2 Å². The van der Waals surface area contributed by atoms with E-state index in [0.29, 0.717) is 19.5 Å². The Bertz CT molecular complexity index is 306. The lowest BCUT2D eigenvalue weighted by Crippen LogP contribution is -2.37. The van der Waals surface area contributed by atoms with Gasteiger partial charge in [0, 0.05) is 26.6 Å². The molecular weight excluding hydrogens is 190 g/mol. The first kappa shape index (κ1) is 10.4. The van der Waals surface area contributed by atoms with Gasteiger partial charge in [0.05, 0.1) is 6.07 Å². The lowest BCUT2D eigenvalue weighted by Gasteiger charge is -2.14. The molecule has 1 heterocycles. The van der Waals surface area contributed by atoms with Gasteiger partial charge in [-0.3, -0.25) is 0 Å². The highest BCUT2D eigenvalue weighted by Crippen LogP contribution is 2.20. The zero-order valence-corrected chi connectivity index (χ0v) is 8.34. The molecule has 0 bridgehead atoms. The molecule has 0 aliphatic carbocycles. The third-order valence-corrected chi connectivity index (χ3v) is 3.75. The summed E-state index contributed by atoms with van der Waals surface area (Å²) in [5.41, 5.74) is 0. The van der Waals surface area contributed by atoms with Gasteiger partial charge in [-0.05, 0) is 12.3 Å². The molecule has 1 rings (SSSR count). The molecule has 13 heavy (non-hydrogen) atoms. The normalized spacial score (nSPS) is 24.5. The predicted molar refractivity (Wildman–Crippen MR) is 47.9 cm³/mol. The van der Waals surface area contributed by atoms with Crippen LogP contribution in [0.4, 0.5) is 0 Å². The summed E-state index contributed by atoms with van der Waals surface area (Å²) in [5.74, 6) is 0.202. The molecule has 0 radical (unpaired) electrons. The van der Waals surface area contributed by atoms with Crippen LogP contribution >= 0.6 is 0 Å². The molecule has 1 fully saturated rings. The Balaban J connectivity index is 2.56. The summed E-state index contributed by atoms with van der Waals surface area (Å²) in [5, 5.41) is 8.44. The van der Waals surface area contributed by atoms with Crippen molar-refractivity contribution < 1.29 is 8.42 Å². The second-order valence-corrected chi connectivity index (χ2v) is 4.96. The van der Waals surface area contributed by atoms with Crippen molar-refractivity contribution in [1.29, 1.82) is 5.26 Å². The number of rotatable bonds is 3. The molecule has 1 saturated heterocycles. The summed E-state index contributed by atoms with van der Waals surface area (Å²) < 4.78 is 26.2.